The Morgan fingerprint density at radius 1 is 1.24 bits per heavy atom. The highest BCUT2D eigenvalue weighted by atomic mass is 35.5. The zero-order valence-corrected chi connectivity index (χ0v) is 12.5. The number of benzene rings is 2. The van der Waals surface area contributed by atoms with Crippen LogP contribution in [0, 0.1) is 5.82 Å². The average Bonchev–Trinajstić information content (AvgIpc) is 2.42. The maximum atomic E-state index is 13.2. The van der Waals surface area contributed by atoms with Crippen LogP contribution in [0.3, 0.4) is 0 Å². The Bertz CT molecular complexity index is 781. The van der Waals surface area contributed by atoms with E-state index in [1.165, 1.54) is 31.4 Å². The molecule has 3 N–H and O–H groups in total. The van der Waals surface area contributed by atoms with Crippen molar-refractivity contribution in [3.05, 3.63) is 47.2 Å². The molecule has 0 aliphatic carbocycles. The Kier molecular flexibility index (Phi) is 4.24. The van der Waals surface area contributed by atoms with E-state index in [9.17, 15) is 12.8 Å². The summed E-state index contributed by atoms with van der Waals surface area (Å²) in [5.41, 5.74) is 5.79. The van der Waals surface area contributed by atoms with E-state index < -0.39 is 15.8 Å². The largest absolute Gasteiger partial charge is 0.495 e. The van der Waals surface area contributed by atoms with Crippen molar-refractivity contribution in [3.63, 3.8) is 0 Å². The fourth-order valence-electron chi connectivity index (χ4n) is 1.66. The quantitative estimate of drug-likeness (QED) is 0.845. The van der Waals surface area contributed by atoms with Crippen molar-refractivity contribution in [2.75, 3.05) is 17.6 Å². The summed E-state index contributed by atoms with van der Waals surface area (Å²) in [5.74, 6) is -0.246. The maximum Gasteiger partial charge on any atom is 0.262 e. The molecule has 8 heteroatoms. The number of rotatable bonds is 4. The van der Waals surface area contributed by atoms with Crippen LogP contribution in [0.1, 0.15) is 0 Å². The van der Waals surface area contributed by atoms with E-state index >= 15 is 0 Å². The van der Waals surface area contributed by atoms with Gasteiger partial charge in [-0.25, -0.2) is 12.8 Å². The molecule has 0 aromatic heterocycles. The number of sulfonamides is 1. The minimum atomic E-state index is -3.94. The number of methoxy groups -OCH3 is 1. The van der Waals surface area contributed by atoms with Crippen LogP contribution in [-0.4, -0.2) is 15.5 Å². The van der Waals surface area contributed by atoms with Crippen LogP contribution in [0.4, 0.5) is 15.8 Å². The van der Waals surface area contributed by atoms with E-state index in [0.717, 1.165) is 12.1 Å². The summed E-state index contributed by atoms with van der Waals surface area (Å²) in [6.45, 7) is 0. The van der Waals surface area contributed by atoms with Gasteiger partial charge >= 0.3 is 0 Å². The van der Waals surface area contributed by atoms with Gasteiger partial charge in [-0.3, -0.25) is 4.72 Å². The second-order valence-corrected chi connectivity index (χ2v) is 6.22. The summed E-state index contributed by atoms with van der Waals surface area (Å²) in [4.78, 5) is -0.0823. The van der Waals surface area contributed by atoms with Crippen molar-refractivity contribution in [1.29, 1.82) is 0 Å². The van der Waals surface area contributed by atoms with Gasteiger partial charge in [0.1, 0.15) is 11.6 Å². The van der Waals surface area contributed by atoms with E-state index in [-0.39, 0.29) is 21.3 Å². The Labute approximate surface area is 126 Å². The molecule has 2 aromatic rings. The number of halogens is 2. The molecule has 0 aliphatic rings. The standard InChI is InChI=1S/C13H12ClFN2O3S/c1-20-13-5-3-9(7-11(13)16)21(18,19)17-12-6-8(15)2-4-10(12)14/h2-7,17H,16H2,1H3. The zero-order chi connectivity index (χ0) is 15.6. The zero-order valence-electron chi connectivity index (χ0n) is 10.9. The average molecular weight is 331 g/mol. The second-order valence-electron chi connectivity index (χ2n) is 4.13. The molecule has 0 unspecified atom stereocenters. The molecule has 0 spiro atoms. The van der Waals surface area contributed by atoms with Crippen LogP contribution in [0.25, 0.3) is 0 Å². The van der Waals surface area contributed by atoms with Crippen molar-refractivity contribution >= 4 is 33.0 Å². The third-order valence-electron chi connectivity index (χ3n) is 2.68. The van der Waals surface area contributed by atoms with Gasteiger partial charge < -0.3 is 10.5 Å². The predicted molar refractivity (Wildman–Crippen MR) is 79.6 cm³/mol. The number of ether oxygens (including phenoxy) is 1. The summed E-state index contributed by atoms with van der Waals surface area (Å²) in [7, 11) is -2.52. The molecule has 0 saturated carbocycles. The molecule has 2 aromatic carbocycles. The number of nitrogen functional groups attached to an aromatic ring is 1. The molecule has 0 bridgehead atoms. The lowest BCUT2D eigenvalue weighted by Crippen LogP contribution is -2.14. The number of anilines is 2. The van der Waals surface area contributed by atoms with Gasteiger partial charge in [0, 0.05) is 0 Å². The topological polar surface area (TPSA) is 81.4 Å². The number of hydrogen-bond donors (Lipinski definition) is 2. The molecule has 0 atom stereocenters. The van der Waals surface area contributed by atoms with Crippen molar-refractivity contribution < 1.29 is 17.5 Å². The lowest BCUT2D eigenvalue weighted by Gasteiger charge is -2.11. The molecule has 21 heavy (non-hydrogen) atoms. The highest BCUT2D eigenvalue weighted by molar-refractivity contribution is 7.92. The van der Waals surface area contributed by atoms with E-state index in [0.29, 0.717) is 5.75 Å². The first kappa shape index (κ1) is 15.4. The van der Waals surface area contributed by atoms with Gasteiger partial charge in [0.15, 0.2) is 0 Å². The predicted octanol–water partition coefficient (Wildman–Crippen LogP) is 2.87. The summed E-state index contributed by atoms with van der Waals surface area (Å²) in [5, 5.41) is 0.0847. The molecular weight excluding hydrogens is 319 g/mol. The molecule has 2 rings (SSSR count). The van der Waals surface area contributed by atoms with Gasteiger partial charge in [0.2, 0.25) is 0 Å². The van der Waals surface area contributed by atoms with Gasteiger partial charge in [-0.1, -0.05) is 11.6 Å². The third-order valence-corrected chi connectivity index (χ3v) is 4.38. The van der Waals surface area contributed by atoms with Crippen molar-refractivity contribution in [2.45, 2.75) is 4.90 Å². The Balaban J connectivity index is 2.38. The van der Waals surface area contributed by atoms with Crippen LogP contribution in [0.2, 0.25) is 5.02 Å². The first-order valence-electron chi connectivity index (χ1n) is 5.75. The monoisotopic (exact) mass is 330 g/mol. The number of nitrogens with two attached hydrogens (primary N) is 1. The first-order chi connectivity index (χ1) is 9.83. The van der Waals surface area contributed by atoms with E-state index in [4.69, 9.17) is 22.1 Å². The summed E-state index contributed by atoms with van der Waals surface area (Å²) < 4.78 is 44.8. The summed E-state index contributed by atoms with van der Waals surface area (Å²) in [6.07, 6.45) is 0. The Morgan fingerprint density at radius 3 is 2.57 bits per heavy atom. The smallest absolute Gasteiger partial charge is 0.262 e. The van der Waals surface area contributed by atoms with Crippen LogP contribution in [0.15, 0.2) is 41.3 Å². The molecule has 0 saturated heterocycles. The minimum absolute atomic E-state index is 0.0499. The lowest BCUT2D eigenvalue weighted by molar-refractivity contribution is 0.416. The number of hydrogen-bond acceptors (Lipinski definition) is 4. The van der Waals surface area contributed by atoms with Crippen molar-refractivity contribution in [2.24, 2.45) is 0 Å². The minimum Gasteiger partial charge on any atom is -0.495 e. The number of nitrogens with one attached hydrogen (secondary N) is 1. The Hall–Kier alpha value is -1.99. The van der Waals surface area contributed by atoms with Gasteiger partial charge in [-0.05, 0) is 36.4 Å². The van der Waals surface area contributed by atoms with Gasteiger partial charge in [0.25, 0.3) is 10.0 Å². The fourth-order valence-corrected chi connectivity index (χ4v) is 2.99. The second kappa shape index (κ2) is 5.79. The van der Waals surface area contributed by atoms with Crippen LogP contribution >= 0.6 is 11.6 Å². The Morgan fingerprint density at radius 2 is 1.95 bits per heavy atom. The van der Waals surface area contributed by atoms with Crippen molar-refractivity contribution in [3.8, 4) is 5.75 Å². The molecule has 112 valence electrons. The van der Waals surface area contributed by atoms with Crippen LogP contribution in [0.5, 0.6) is 5.75 Å². The van der Waals surface area contributed by atoms with E-state index in [2.05, 4.69) is 4.72 Å². The van der Waals surface area contributed by atoms with Crippen LogP contribution in [-0.2, 0) is 10.0 Å². The third kappa shape index (κ3) is 3.37. The summed E-state index contributed by atoms with van der Waals surface area (Å²) in [6, 6.07) is 7.38. The normalized spacial score (nSPS) is 11.2. The molecule has 0 heterocycles. The van der Waals surface area contributed by atoms with Gasteiger partial charge in [-0.2, -0.15) is 0 Å². The van der Waals surface area contributed by atoms with Gasteiger partial charge in [-0.15, -0.1) is 0 Å². The lowest BCUT2D eigenvalue weighted by atomic mass is 10.3. The van der Waals surface area contributed by atoms with Crippen LogP contribution < -0.4 is 15.2 Å². The van der Waals surface area contributed by atoms with Crippen molar-refractivity contribution in [1.82, 2.24) is 0 Å². The maximum absolute atomic E-state index is 13.2. The molecule has 0 fully saturated rings. The highest BCUT2D eigenvalue weighted by Gasteiger charge is 2.17. The van der Waals surface area contributed by atoms with Gasteiger partial charge in [0.05, 0.1) is 28.4 Å². The molecule has 5 nitrogen and oxygen atoms in total. The first-order valence-corrected chi connectivity index (χ1v) is 7.61. The molecular formula is C13H12ClFN2O3S. The molecule has 0 radical (unpaired) electrons. The SMILES string of the molecule is COc1ccc(S(=O)(=O)Nc2cc(F)ccc2Cl)cc1N. The molecule has 0 amide bonds. The van der Waals surface area contributed by atoms with E-state index in [1.807, 2.05) is 0 Å². The molecule has 0 aliphatic heterocycles. The summed E-state index contributed by atoms with van der Waals surface area (Å²) >= 11 is 5.83. The van der Waals surface area contributed by atoms with E-state index in [1.54, 1.807) is 0 Å². The highest BCUT2D eigenvalue weighted by Crippen LogP contribution is 2.28. The fraction of sp³-hybridized carbons (Fsp3) is 0.0769.